The maximum atomic E-state index is 10.7. The number of carbonyl (C=O) groups is 1. The van der Waals surface area contributed by atoms with Crippen molar-refractivity contribution in [2.45, 2.75) is 69.7 Å². The molecule has 100 valence electrons. The Hall–Kier alpha value is -0.220. The van der Waals surface area contributed by atoms with E-state index in [0.29, 0.717) is 5.37 Å². The molecule has 4 heteroatoms. The first kappa shape index (κ1) is 14.8. The second kappa shape index (κ2) is 8.81. The predicted octanol–water partition coefficient (Wildman–Crippen LogP) is 3.24. The number of unbranched alkanes of at least 4 members (excludes halogenated alkanes) is 6. The first-order chi connectivity index (χ1) is 8.24. The summed E-state index contributed by atoms with van der Waals surface area (Å²) in [4.78, 5) is 10.7. The zero-order chi connectivity index (χ0) is 12.5. The minimum absolute atomic E-state index is 0.324. The van der Waals surface area contributed by atoms with Gasteiger partial charge in [-0.25, -0.2) is 0 Å². The average molecular weight is 259 g/mol. The van der Waals surface area contributed by atoms with Crippen molar-refractivity contribution >= 4 is 17.7 Å². The van der Waals surface area contributed by atoms with Gasteiger partial charge in [0.15, 0.2) is 0 Å². The number of nitrogens with one attached hydrogen (secondary N) is 1. The second-order valence-corrected chi connectivity index (χ2v) is 6.03. The molecular formula is C13H25NO2S. The summed E-state index contributed by atoms with van der Waals surface area (Å²) >= 11 is 1.76. The lowest BCUT2D eigenvalue weighted by atomic mass is 10.1. The third kappa shape index (κ3) is 6.32. The molecule has 2 N–H and O–H groups in total. The van der Waals surface area contributed by atoms with E-state index in [1.165, 1.54) is 44.9 Å². The fourth-order valence-electron chi connectivity index (χ4n) is 2.13. The fraction of sp³-hybridized carbons (Fsp3) is 0.923. The Bertz CT molecular complexity index is 223. The van der Waals surface area contributed by atoms with Crippen LogP contribution in [-0.4, -0.2) is 28.2 Å². The van der Waals surface area contributed by atoms with Crippen molar-refractivity contribution in [3.8, 4) is 0 Å². The van der Waals surface area contributed by atoms with Crippen molar-refractivity contribution < 1.29 is 9.90 Å². The number of rotatable bonds is 9. The van der Waals surface area contributed by atoms with Gasteiger partial charge in [0.1, 0.15) is 6.04 Å². The Morgan fingerprint density at radius 2 is 1.88 bits per heavy atom. The lowest BCUT2D eigenvalue weighted by Gasteiger charge is -2.10. The molecule has 0 radical (unpaired) electrons. The molecule has 3 nitrogen and oxygen atoms in total. The minimum atomic E-state index is -0.709. The standard InChI is InChI=1S/C13H25NO2S/c1-2-3-4-5-6-7-8-9-12-14-11(10-17-12)13(15)16/h11-12,14H,2-10H2,1H3,(H,15,16)/t11-,12?/m1/s1. The molecule has 1 rings (SSSR count). The fourth-order valence-corrected chi connectivity index (χ4v) is 3.39. The first-order valence-electron chi connectivity index (χ1n) is 6.84. The number of aliphatic carboxylic acids is 1. The Balaban J connectivity index is 1.92. The van der Waals surface area contributed by atoms with Crippen molar-refractivity contribution in [2.75, 3.05) is 5.75 Å². The van der Waals surface area contributed by atoms with Crippen molar-refractivity contribution in [3.63, 3.8) is 0 Å². The third-order valence-corrected chi connectivity index (χ3v) is 4.52. The predicted molar refractivity (Wildman–Crippen MR) is 73.4 cm³/mol. The number of hydrogen-bond acceptors (Lipinski definition) is 3. The normalized spacial score (nSPS) is 24.1. The molecule has 0 aromatic heterocycles. The Morgan fingerprint density at radius 3 is 2.47 bits per heavy atom. The maximum absolute atomic E-state index is 10.7. The highest BCUT2D eigenvalue weighted by Gasteiger charge is 2.28. The molecule has 0 aromatic carbocycles. The highest BCUT2D eigenvalue weighted by molar-refractivity contribution is 8.00. The Morgan fingerprint density at radius 1 is 1.24 bits per heavy atom. The molecule has 2 atom stereocenters. The zero-order valence-corrected chi connectivity index (χ0v) is 11.6. The Labute approximate surface area is 109 Å². The van der Waals surface area contributed by atoms with Crippen LogP contribution in [0.3, 0.4) is 0 Å². The van der Waals surface area contributed by atoms with Crippen molar-refractivity contribution in [1.29, 1.82) is 0 Å². The monoisotopic (exact) mass is 259 g/mol. The van der Waals surface area contributed by atoms with E-state index in [4.69, 9.17) is 5.11 Å². The van der Waals surface area contributed by atoms with E-state index in [9.17, 15) is 4.79 Å². The SMILES string of the molecule is CCCCCCCCCC1N[C@@H](C(=O)O)CS1. The smallest absolute Gasteiger partial charge is 0.321 e. The summed E-state index contributed by atoms with van der Waals surface area (Å²) < 4.78 is 0. The van der Waals surface area contributed by atoms with E-state index in [1.807, 2.05) is 0 Å². The third-order valence-electron chi connectivity index (χ3n) is 3.22. The molecule has 0 aromatic rings. The highest BCUT2D eigenvalue weighted by Crippen LogP contribution is 2.23. The molecule has 0 saturated carbocycles. The van der Waals surface area contributed by atoms with E-state index >= 15 is 0 Å². The first-order valence-corrected chi connectivity index (χ1v) is 7.89. The molecule has 17 heavy (non-hydrogen) atoms. The van der Waals surface area contributed by atoms with Gasteiger partial charge in [0, 0.05) is 5.75 Å². The number of hydrogen-bond donors (Lipinski definition) is 2. The van der Waals surface area contributed by atoms with E-state index in [0.717, 1.165) is 12.2 Å². The van der Waals surface area contributed by atoms with Crippen molar-refractivity contribution in [3.05, 3.63) is 0 Å². The number of carboxylic acids is 1. The van der Waals surface area contributed by atoms with Crippen LogP contribution in [0.2, 0.25) is 0 Å². The van der Waals surface area contributed by atoms with Crippen LogP contribution in [0.15, 0.2) is 0 Å². The molecule has 1 aliphatic rings. The van der Waals surface area contributed by atoms with Crippen molar-refractivity contribution in [1.82, 2.24) is 5.32 Å². The van der Waals surface area contributed by atoms with Gasteiger partial charge in [-0.2, -0.15) is 0 Å². The summed E-state index contributed by atoms with van der Waals surface area (Å²) in [5, 5.41) is 12.4. The average Bonchev–Trinajstić information content (AvgIpc) is 2.77. The maximum Gasteiger partial charge on any atom is 0.321 e. The van der Waals surface area contributed by atoms with E-state index in [2.05, 4.69) is 12.2 Å². The van der Waals surface area contributed by atoms with Crippen LogP contribution in [0.1, 0.15) is 58.3 Å². The minimum Gasteiger partial charge on any atom is -0.480 e. The van der Waals surface area contributed by atoms with Gasteiger partial charge in [0.05, 0.1) is 5.37 Å². The molecule has 0 bridgehead atoms. The van der Waals surface area contributed by atoms with Gasteiger partial charge in [-0.15, -0.1) is 11.8 Å². The van der Waals surface area contributed by atoms with Gasteiger partial charge in [0.25, 0.3) is 0 Å². The van der Waals surface area contributed by atoms with Gasteiger partial charge >= 0.3 is 5.97 Å². The van der Waals surface area contributed by atoms with Crippen LogP contribution >= 0.6 is 11.8 Å². The molecule has 0 aliphatic carbocycles. The van der Waals surface area contributed by atoms with E-state index in [1.54, 1.807) is 11.8 Å². The lowest BCUT2D eigenvalue weighted by molar-refractivity contribution is -0.138. The van der Waals surface area contributed by atoms with E-state index in [-0.39, 0.29) is 6.04 Å². The molecule has 1 unspecified atom stereocenters. The van der Waals surface area contributed by atoms with Gasteiger partial charge in [-0.3, -0.25) is 10.1 Å². The lowest BCUT2D eigenvalue weighted by Crippen LogP contribution is -2.36. The topological polar surface area (TPSA) is 49.3 Å². The van der Waals surface area contributed by atoms with Crippen LogP contribution in [0, 0.1) is 0 Å². The van der Waals surface area contributed by atoms with Crippen LogP contribution < -0.4 is 5.32 Å². The molecular weight excluding hydrogens is 234 g/mol. The summed E-state index contributed by atoms with van der Waals surface area (Å²) in [5.74, 6) is 0.0100. The summed E-state index contributed by atoms with van der Waals surface area (Å²) in [6.07, 6.45) is 10.4. The quantitative estimate of drug-likeness (QED) is 0.624. The van der Waals surface area contributed by atoms with Crippen LogP contribution in [0.4, 0.5) is 0 Å². The second-order valence-electron chi connectivity index (χ2n) is 4.79. The van der Waals surface area contributed by atoms with Gasteiger partial charge in [-0.05, 0) is 6.42 Å². The van der Waals surface area contributed by atoms with Gasteiger partial charge < -0.3 is 5.11 Å². The molecule has 0 amide bonds. The van der Waals surface area contributed by atoms with Gasteiger partial charge in [0.2, 0.25) is 0 Å². The number of thioether (sulfide) groups is 1. The number of carboxylic acid groups (broad SMARTS) is 1. The highest BCUT2D eigenvalue weighted by atomic mass is 32.2. The molecule has 1 saturated heterocycles. The van der Waals surface area contributed by atoms with Gasteiger partial charge in [-0.1, -0.05) is 51.9 Å². The molecule has 1 aliphatic heterocycles. The summed E-state index contributed by atoms with van der Waals surface area (Å²) in [6, 6.07) is -0.324. The molecule has 1 heterocycles. The zero-order valence-electron chi connectivity index (χ0n) is 10.8. The van der Waals surface area contributed by atoms with E-state index < -0.39 is 5.97 Å². The molecule has 0 spiro atoms. The van der Waals surface area contributed by atoms with Crippen LogP contribution in [-0.2, 0) is 4.79 Å². The van der Waals surface area contributed by atoms with Crippen LogP contribution in [0.5, 0.6) is 0 Å². The molecule has 1 fully saturated rings. The summed E-state index contributed by atoms with van der Waals surface area (Å²) in [7, 11) is 0. The van der Waals surface area contributed by atoms with Crippen molar-refractivity contribution in [2.24, 2.45) is 0 Å². The largest absolute Gasteiger partial charge is 0.480 e. The Kier molecular flexibility index (Phi) is 7.69. The summed E-state index contributed by atoms with van der Waals surface area (Å²) in [6.45, 7) is 2.24. The van der Waals surface area contributed by atoms with Crippen LogP contribution in [0.25, 0.3) is 0 Å². The summed E-state index contributed by atoms with van der Waals surface area (Å²) in [5.41, 5.74) is 0.